The van der Waals surface area contributed by atoms with Crippen molar-refractivity contribution in [2.45, 2.75) is 113 Å². The molecule has 1 unspecified atom stereocenters. The summed E-state index contributed by atoms with van der Waals surface area (Å²) in [7, 11) is -3.22. The number of rotatable bonds is 8. The number of aliphatic hydroxyl groups is 1. The Morgan fingerprint density at radius 3 is 2.52 bits per heavy atom. The summed E-state index contributed by atoms with van der Waals surface area (Å²) >= 11 is 0. The highest BCUT2D eigenvalue weighted by Gasteiger charge is 2.40. The fourth-order valence-corrected chi connectivity index (χ4v) is 9.56. The number of carbonyl (C=O) groups is 1. The van der Waals surface area contributed by atoms with Crippen LogP contribution in [-0.2, 0) is 14.8 Å². The highest BCUT2D eigenvalue weighted by atomic mass is 32.2. The van der Waals surface area contributed by atoms with Gasteiger partial charge in [0.2, 0.25) is 15.9 Å². The Labute approximate surface area is 238 Å². The Bertz CT molecular complexity index is 1100. The number of piperazine rings is 1. The summed E-state index contributed by atoms with van der Waals surface area (Å²) in [6.45, 7) is 1.25. The van der Waals surface area contributed by atoms with Crippen LogP contribution in [0.2, 0.25) is 0 Å². The maximum absolute atomic E-state index is 13.7. The topological polar surface area (TPSA) is 125 Å². The monoisotopic (exact) mass is 578 g/mol. The van der Waals surface area contributed by atoms with Gasteiger partial charge in [0, 0.05) is 37.1 Å². The molecular weight excluding hydrogens is 531 g/mol. The Morgan fingerprint density at radius 1 is 1.05 bits per heavy atom. The first-order chi connectivity index (χ1) is 19.2. The Morgan fingerprint density at radius 2 is 1.77 bits per heavy atom. The lowest BCUT2D eigenvalue weighted by Crippen LogP contribution is -2.57. The molecule has 8 nitrogen and oxygen atoms in total. The van der Waals surface area contributed by atoms with E-state index >= 15 is 0 Å². The van der Waals surface area contributed by atoms with Crippen LogP contribution >= 0.6 is 0 Å². The number of halogens is 1. The quantitative estimate of drug-likeness (QED) is 0.376. The Hall–Kier alpha value is -1.59. The number of hydrogen-bond donors (Lipinski definition) is 4. The third kappa shape index (κ3) is 7.06. The first-order valence-electron chi connectivity index (χ1n) is 15.4. The normalized spacial score (nSPS) is 35.7. The van der Waals surface area contributed by atoms with Crippen LogP contribution in [0, 0.1) is 17.7 Å². The molecule has 4 aliphatic rings. The number of nitrogens with one attached hydrogen (secondary N) is 2. The van der Waals surface area contributed by atoms with Crippen LogP contribution < -0.4 is 16.4 Å². The lowest BCUT2D eigenvalue weighted by Gasteiger charge is -2.40. The first kappa shape index (κ1) is 29.9. The van der Waals surface area contributed by atoms with Gasteiger partial charge in [-0.3, -0.25) is 4.79 Å². The predicted molar refractivity (Wildman–Crippen MR) is 154 cm³/mol. The van der Waals surface area contributed by atoms with E-state index in [0.29, 0.717) is 32.4 Å². The number of aliphatic hydroxyl groups excluding tert-OH is 1. The van der Waals surface area contributed by atoms with E-state index in [1.807, 2.05) is 0 Å². The third-order valence-corrected chi connectivity index (χ3v) is 12.0. The Kier molecular flexibility index (Phi) is 9.83. The van der Waals surface area contributed by atoms with Crippen molar-refractivity contribution in [2.24, 2.45) is 17.6 Å². The predicted octanol–water partition coefficient (Wildman–Crippen LogP) is 3.01. The van der Waals surface area contributed by atoms with Gasteiger partial charge in [0.05, 0.1) is 17.9 Å². The summed E-state index contributed by atoms with van der Waals surface area (Å²) < 4.78 is 41.3. The molecule has 0 spiro atoms. The minimum absolute atomic E-state index is 0.0133. The molecule has 224 valence electrons. The van der Waals surface area contributed by atoms with E-state index < -0.39 is 16.1 Å². The fourth-order valence-electron chi connectivity index (χ4n) is 7.75. The number of sulfonamides is 1. The SMILES string of the molecule is N[C@H](C(=O)N[C@H]1CCCC[C@@H]1CC[C@H]1CN[C@@H]2CCCS(=O)(=O)N1C2)[C@@H](c1ccc(F)cc1)C1CCC(O)CC1. The largest absolute Gasteiger partial charge is 0.393 e. The zero-order valence-corrected chi connectivity index (χ0v) is 24.3. The lowest BCUT2D eigenvalue weighted by molar-refractivity contribution is -0.124. The molecule has 2 aliphatic carbocycles. The summed E-state index contributed by atoms with van der Waals surface area (Å²) in [5, 5.41) is 16.9. The van der Waals surface area contributed by atoms with Gasteiger partial charge in [-0.05, 0) is 93.7 Å². The number of hydrogen-bond acceptors (Lipinski definition) is 6. The summed E-state index contributed by atoms with van der Waals surface area (Å²) in [6, 6.07) is 5.78. The summed E-state index contributed by atoms with van der Waals surface area (Å²) in [6.07, 6.45) is 9.95. The van der Waals surface area contributed by atoms with E-state index in [2.05, 4.69) is 10.6 Å². The molecule has 2 heterocycles. The van der Waals surface area contributed by atoms with E-state index in [4.69, 9.17) is 5.73 Å². The van der Waals surface area contributed by atoms with Gasteiger partial charge in [-0.15, -0.1) is 0 Å². The van der Waals surface area contributed by atoms with E-state index in [9.17, 15) is 22.7 Å². The van der Waals surface area contributed by atoms with Crippen molar-refractivity contribution >= 4 is 15.9 Å². The van der Waals surface area contributed by atoms with Crippen molar-refractivity contribution < 1.29 is 22.7 Å². The molecule has 4 fully saturated rings. The number of carbonyl (C=O) groups excluding carboxylic acids is 1. The molecular formula is C30H47FN4O4S. The highest BCUT2D eigenvalue weighted by molar-refractivity contribution is 7.89. The van der Waals surface area contributed by atoms with Crippen molar-refractivity contribution in [1.82, 2.24) is 14.9 Å². The minimum atomic E-state index is -3.22. The smallest absolute Gasteiger partial charge is 0.237 e. The number of fused-ring (bicyclic) bond motifs is 2. The molecule has 1 aromatic carbocycles. The van der Waals surface area contributed by atoms with Crippen LogP contribution in [-0.4, -0.2) is 72.9 Å². The molecule has 2 saturated heterocycles. The lowest BCUT2D eigenvalue weighted by atomic mass is 9.72. The maximum Gasteiger partial charge on any atom is 0.237 e. The number of nitrogens with two attached hydrogens (primary N) is 1. The van der Waals surface area contributed by atoms with Gasteiger partial charge < -0.3 is 21.5 Å². The summed E-state index contributed by atoms with van der Waals surface area (Å²) in [5.41, 5.74) is 7.57. The van der Waals surface area contributed by atoms with Gasteiger partial charge in [-0.2, -0.15) is 4.31 Å². The molecule has 0 radical (unpaired) electrons. The molecule has 7 atom stereocenters. The molecule has 40 heavy (non-hydrogen) atoms. The van der Waals surface area contributed by atoms with Crippen LogP contribution in [0.15, 0.2) is 24.3 Å². The molecule has 10 heteroatoms. The average Bonchev–Trinajstić information content (AvgIpc) is 3.06. The van der Waals surface area contributed by atoms with Crippen LogP contribution in [0.5, 0.6) is 0 Å². The van der Waals surface area contributed by atoms with Crippen molar-refractivity contribution in [1.29, 1.82) is 0 Å². The van der Waals surface area contributed by atoms with Gasteiger partial charge in [-0.1, -0.05) is 25.0 Å². The fraction of sp³-hybridized carbons (Fsp3) is 0.767. The Balaban J connectivity index is 1.24. The summed E-state index contributed by atoms with van der Waals surface area (Å²) in [4.78, 5) is 13.7. The molecule has 2 bridgehead atoms. The van der Waals surface area contributed by atoms with Crippen LogP contribution in [0.25, 0.3) is 0 Å². The van der Waals surface area contributed by atoms with Crippen molar-refractivity contribution in [3.8, 4) is 0 Å². The molecule has 1 aromatic rings. The zero-order chi connectivity index (χ0) is 28.3. The van der Waals surface area contributed by atoms with E-state index in [0.717, 1.165) is 63.4 Å². The van der Waals surface area contributed by atoms with Crippen LogP contribution in [0.1, 0.15) is 88.5 Å². The second-order valence-electron chi connectivity index (χ2n) is 12.7. The number of amides is 1. The highest BCUT2D eigenvalue weighted by Crippen LogP contribution is 2.38. The van der Waals surface area contributed by atoms with Crippen molar-refractivity contribution in [2.75, 3.05) is 18.8 Å². The minimum Gasteiger partial charge on any atom is -0.393 e. The second-order valence-corrected chi connectivity index (χ2v) is 14.7. The van der Waals surface area contributed by atoms with Gasteiger partial charge in [0.25, 0.3) is 0 Å². The van der Waals surface area contributed by atoms with Gasteiger partial charge in [-0.25, -0.2) is 12.8 Å². The standard InChI is InChI=1S/C30H47FN4O4S/c31-23-12-7-21(8-13-23)28(22-10-15-26(36)16-11-22)29(32)30(37)34-27-6-2-1-4-20(27)9-14-25-18-33-24-5-3-17-40(38,39)35(25)19-24/h7-8,12-13,20,22,24-29,33,36H,1-6,9-11,14-19,32H2,(H,34,37)/t20-,22?,24-,25+,26?,27+,28+,29+/m1/s1. The van der Waals surface area contributed by atoms with Crippen molar-refractivity contribution in [3.63, 3.8) is 0 Å². The van der Waals surface area contributed by atoms with Crippen LogP contribution in [0.3, 0.4) is 0 Å². The van der Waals surface area contributed by atoms with Crippen molar-refractivity contribution in [3.05, 3.63) is 35.6 Å². The van der Waals surface area contributed by atoms with Gasteiger partial charge in [0.15, 0.2) is 0 Å². The number of nitrogens with zero attached hydrogens (tertiary/aromatic N) is 1. The van der Waals surface area contributed by atoms with E-state index in [1.54, 1.807) is 16.4 Å². The zero-order valence-electron chi connectivity index (χ0n) is 23.5. The molecule has 5 N–H and O–H groups in total. The molecule has 0 aromatic heterocycles. The van der Waals surface area contributed by atoms with Gasteiger partial charge in [0.1, 0.15) is 5.82 Å². The summed E-state index contributed by atoms with van der Waals surface area (Å²) in [5.74, 6) is -0.0708. The third-order valence-electron chi connectivity index (χ3n) is 10.1. The molecule has 2 aliphatic heterocycles. The van der Waals surface area contributed by atoms with Gasteiger partial charge >= 0.3 is 0 Å². The maximum atomic E-state index is 13.7. The number of benzene rings is 1. The first-order valence-corrected chi connectivity index (χ1v) is 17.0. The van der Waals surface area contributed by atoms with E-state index in [-0.39, 0.29) is 59.5 Å². The molecule has 5 rings (SSSR count). The molecule has 1 amide bonds. The average molecular weight is 579 g/mol. The van der Waals surface area contributed by atoms with E-state index in [1.165, 1.54) is 12.1 Å². The molecule has 2 saturated carbocycles. The second kappa shape index (κ2) is 13.2. The van der Waals surface area contributed by atoms with Crippen LogP contribution in [0.4, 0.5) is 4.39 Å².